The molecule has 17 heavy (non-hydrogen) atoms. The zero-order chi connectivity index (χ0) is 12.4. The number of aromatic nitrogens is 2. The summed E-state index contributed by atoms with van der Waals surface area (Å²) in [7, 11) is 0. The highest BCUT2D eigenvalue weighted by molar-refractivity contribution is 4.92. The van der Waals surface area contributed by atoms with Crippen LogP contribution in [0.3, 0.4) is 0 Å². The lowest BCUT2D eigenvalue weighted by atomic mass is 9.98. The fourth-order valence-corrected chi connectivity index (χ4v) is 2.12. The highest BCUT2D eigenvalue weighted by Gasteiger charge is 2.37. The lowest BCUT2D eigenvalue weighted by Gasteiger charge is -2.20. The number of aliphatic hydroxyl groups excluding tert-OH is 2. The van der Waals surface area contributed by atoms with Crippen LogP contribution in [0.1, 0.15) is 6.04 Å². The average Bonchev–Trinajstić information content (AvgIpc) is 2.71. The van der Waals surface area contributed by atoms with Gasteiger partial charge in [0.05, 0.1) is 32.0 Å². The van der Waals surface area contributed by atoms with Gasteiger partial charge in [-0.05, 0) is 0 Å². The number of ether oxygens (including phenoxy) is 1. The summed E-state index contributed by atoms with van der Waals surface area (Å²) in [6.07, 6.45) is 0.890. The molecule has 0 unspecified atom stereocenters. The summed E-state index contributed by atoms with van der Waals surface area (Å²) in [6, 6.07) is 0.865. The molecule has 1 saturated heterocycles. The third-order valence-electron chi connectivity index (χ3n) is 3.05. The maximum absolute atomic E-state index is 11.6. The van der Waals surface area contributed by atoms with Crippen molar-refractivity contribution in [1.29, 1.82) is 0 Å². The van der Waals surface area contributed by atoms with Gasteiger partial charge in [-0.2, -0.15) is 0 Å². The van der Waals surface area contributed by atoms with Gasteiger partial charge in [-0.15, -0.1) is 0 Å². The van der Waals surface area contributed by atoms with Gasteiger partial charge in [0.1, 0.15) is 0 Å². The van der Waals surface area contributed by atoms with E-state index in [1.54, 1.807) is 0 Å². The molecule has 1 aromatic rings. The van der Waals surface area contributed by atoms with Crippen molar-refractivity contribution in [1.82, 2.24) is 9.55 Å². The van der Waals surface area contributed by atoms with Crippen LogP contribution < -0.4 is 11.2 Å². The minimum absolute atomic E-state index is 0.193. The van der Waals surface area contributed by atoms with Crippen molar-refractivity contribution >= 4 is 0 Å². The van der Waals surface area contributed by atoms with Gasteiger partial charge in [-0.3, -0.25) is 14.3 Å². The van der Waals surface area contributed by atoms with E-state index in [0.717, 1.165) is 0 Å². The third kappa shape index (κ3) is 2.17. The van der Waals surface area contributed by atoms with Crippen molar-refractivity contribution in [3.05, 3.63) is 33.1 Å². The van der Waals surface area contributed by atoms with Crippen LogP contribution in [0.25, 0.3) is 0 Å². The minimum atomic E-state index is -0.539. The topological polar surface area (TPSA) is 105 Å². The number of hydrogen-bond acceptors (Lipinski definition) is 5. The largest absolute Gasteiger partial charge is 0.396 e. The Balaban J connectivity index is 2.34. The van der Waals surface area contributed by atoms with E-state index in [0.29, 0.717) is 0 Å². The summed E-state index contributed by atoms with van der Waals surface area (Å²) in [5.74, 6) is -0.358. The highest BCUT2D eigenvalue weighted by Crippen LogP contribution is 2.29. The number of hydrogen-bond donors (Lipinski definition) is 3. The molecule has 1 aliphatic heterocycles. The van der Waals surface area contributed by atoms with Gasteiger partial charge in [0.15, 0.2) is 0 Å². The number of nitrogens with one attached hydrogen (secondary N) is 1. The summed E-state index contributed by atoms with van der Waals surface area (Å²) in [5, 5.41) is 18.3. The Labute approximate surface area is 96.3 Å². The van der Waals surface area contributed by atoms with Gasteiger partial charge < -0.3 is 14.9 Å². The molecule has 1 fully saturated rings. The van der Waals surface area contributed by atoms with Crippen molar-refractivity contribution in [2.24, 2.45) is 5.92 Å². The Morgan fingerprint density at radius 1 is 1.41 bits per heavy atom. The van der Waals surface area contributed by atoms with Crippen LogP contribution in [0.4, 0.5) is 0 Å². The third-order valence-corrected chi connectivity index (χ3v) is 3.05. The van der Waals surface area contributed by atoms with Crippen LogP contribution in [0, 0.1) is 5.92 Å². The second-order valence-electron chi connectivity index (χ2n) is 3.99. The van der Waals surface area contributed by atoms with Crippen LogP contribution in [0.15, 0.2) is 21.9 Å². The lowest BCUT2D eigenvalue weighted by molar-refractivity contribution is 0.0268. The van der Waals surface area contributed by atoms with Gasteiger partial charge in [0.25, 0.3) is 5.56 Å². The molecule has 3 N–H and O–H groups in total. The molecule has 0 spiro atoms. The molecule has 0 aromatic carbocycles. The lowest BCUT2D eigenvalue weighted by Crippen LogP contribution is -2.36. The Bertz CT molecular complexity index is 494. The molecule has 0 amide bonds. The Morgan fingerprint density at radius 3 is 2.76 bits per heavy atom. The predicted octanol–water partition coefficient (Wildman–Crippen LogP) is -1.92. The maximum Gasteiger partial charge on any atom is 0.328 e. The van der Waals surface area contributed by atoms with Crippen LogP contribution in [-0.2, 0) is 4.74 Å². The normalized spacial score (nSPS) is 28.5. The van der Waals surface area contributed by atoms with Gasteiger partial charge in [-0.25, -0.2) is 4.79 Å². The van der Waals surface area contributed by atoms with Gasteiger partial charge in [0.2, 0.25) is 0 Å². The van der Waals surface area contributed by atoms with E-state index in [9.17, 15) is 14.7 Å². The minimum Gasteiger partial charge on any atom is -0.396 e. The standard InChI is InChI=1S/C10H14N2O5/c13-3-6-7(5-17-8(6)4-14)12-2-1-9(15)11-10(12)16/h1-2,6-8,13-14H,3-5H2,(H,11,15,16)/t6-,7+,8+/m0/s1. The first kappa shape index (κ1) is 12.0. The van der Waals surface area contributed by atoms with Crippen molar-refractivity contribution in [2.75, 3.05) is 19.8 Å². The second kappa shape index (κ2) is 4.82. The SMILES string of the molecule is O=c1ccn([C@@H]2CO[C@H](CO)[C@H]2CO)c(=O)[nH]1. The number of H-pyrrole nitrogens is 1. The molecule has 0 bridgehead atoms. The first-order valence-electron chi connectivity index (χ1n) is 5.32. The molecule has 2 heterocycles. The zero-order valence-electron chi connectivity index (χ0n) is 9.07. The van der Waals surface area contributed by atoms with E-state index < -0.39 is 17.4 Å². The first-order chi connectivity index (χ1) is 8.17. The monoisotopic (exact) mass is 242 g/mol. The summed E-state index contributed by atoms with van der Waals surface area (Å²) < 4.78 is 6.61. The number of aromatic amines is 1. The summed E-state index contributed by atoms with van der Waals surface area (Å²) in [4.78, 5) is 24.7. The molecule has 94 valence electrons. The zero-order valence-corrected chi connectivity index (χ0v) is 9.07. The van der Waals surface area contributed by atoms with Crippen molar-refractivity contribution in [3.8, 4) is 0 Å². The molecule has 0 saturated carbocycles. The molecule has 7 nitrogen and oxygen atoms in total. The van der Waals surface area contributed by atoms with Crippen molar-refractivity contribution in [2.45, 2.75) is 12.1 Å². The van der Waals surface area contributed by atoms with E-state index in [-0.39, 0.29) is 31.8 Å². The summed E-state index contributed by atoms with van der Waals surface area (Å²) in [5.41, 5.74) is -1.01. The van der Waals surface area contributed by atoms with E-state index in [4.69, 9.17) is 9.84 Å². The van der Waals surface area contributed by atoms with E-state index in [1.165, 1.54) is 16.8 Å². The maximum atomic E-state index is 11.6. The highest BCUT2D eigenvalue weighted by atomic mass is 16.5. The summed E-state index contributed by atoms with van der Waals surface area (Å²) >= 11 is 0. The Morgan fingerprint density at radius 2 is 2.18 bits per heavy atom. The molecule has 0 radical (unpaired) electrons. The molecule has 1 aromatic heterocycles. The van der Waals surface area contributed by atoms with Crippen LogP contribution in [0.2, 0.25) is 0 Å². The van der Waals surface area contributed by atoms with Crippen molar-refractivity contribution in [3.63, 3.8) is 0 Å². The second-order valence-corrected chi connectivity index (χ2v) is 3.99. The molecular formula is C10H14N2O5. The number of nitrogens with zero attached hydrogens (tertiary/aromatic N) is 1. The van der Waals surface area contributed by atoms with E-state index in [1.807, 2.05) is 0 Å². The van der Waals surface area contributed by atoms with Gasteiger partial charge >= 0.3 is 5.69 Å². The van der Waals surface area contributed by atoms with Crippen molar-refractivity contribution < 1.29 is 14.9 Å². The molecule has 3 atom stereocenters. The number of aliphatic hydroxyl groups is 2. The molecule has 7 heteroatoms. The number of rotatable bonds is 3. The summed E-state index contributed by atoms with van der Waals surface area (Å²) in [6.45, 7) is -0.177. The Kier molecular flexibility index (Phi) is 3.41. The predicted molar refractivity (Wildman–Crippen MR) is 57.8 cm³/mol. The first-order valence-corrected chi connectivity index (χ1v) is 5.32. The van der Waals surface area contributed by atoms with E-state index >= 15 is 0 Å². The van der Waals surface area contributed by atoms with Crippen LogP contribution in [-0.4, -0.2) is 45.7 Å². The smallest absolute Gasteiger partial charge is 0.328 e. The van der Waals surface area contributed by atoms with Gasteiger partial charge in [-0.1, -0.05) is 0 Å². The molecular weight excluding hydrogens is 228 g/mol. The fourth-order valence-electron chi connectivity index (χ4n) is 2.12. The van der Waals surface area contributed by atoms with Crippen LogP contribution >= 0.6 is 0 Å². The Hall–Kier alpha value is -1.44. The van der Waals surface area contributed by atoms with Crippen LogP contribution in [0.5, 0.6) is 0 Å². The van der Waals surface area contributed by atoms with Gasteiger partial charge in [0, 0.05) is 18.2 Å². The molecule has 1 aliphatic rings. The quantitative estimate of drug-likeness (QED) is 0.573. The molecule has 0 aliphatic carbocycles. The van der Waals surface area contributed by atoms with E-state index in [2.05, 4.69) is 4.98 Å². The average molecular weight is 242 g/mol. The fraction of sp³-hybridized carbons (Fsp3) is 0.600. The molecule has 2 rings (SSSR count).